The topological polar surface area (TPSA) is 78.9 Å². The van der Waals surface area contributed by atoms with E-state index < -0.39 is 11.7 Å². The summed E-state index contributed by atoms with van der Waals surface area (Å²) in [6.45, 7) is 0. The first-order chi connectivity index (χ1) is 12.1. The van der Waals surface area contributed by atoms with E-state index in [0.717, 1.165) is 3.57 Å². The van der Waals surface area contributed by atoms with E-state index in [2.05, 4.69) is 26.1 Å². The quantitative estimate of drug-likeness (QED) is 0.409. The molecule has 0 fully saturated rings. The molecule has 3 aromatic rings. The normalized spacial score (nSPS) is 10.2. The summed E-state index contributed by atoms with van der Waals surface area (Å²) in [5, 5.41) is 2.90. The number of nitrogens with zero attached hydrogens (tertiary/aromatic N) is 2. The fraction of sp³-hybridized carbons (Fsp3) is 0. The van der Waals surface area contributed by atoms with E-state index in [4.69, 9.17) is 0 Å². The number of hydrazine groups is 1. The highest BCUT2D eigenvalue weighted by Gasteiger charge is 2.13. The van der Waals surface area contributed by atoms with Crippen molar-refractivity contribution in [2.75, 3.05) is 10.7 Å². The molecule has 25 heavy (non-hydrogen) atoms. The van der Waals surface area contributed by atoms with E-state index >= 15 is 0 Å². The van der Waals surface area contributed by atoms with Crippen LogP contribution in [-0.4, -0.2) is 15.9 Å². The Morgan fingerprint density at radius 3 is 2.72 bits per heavy atom. The molecule has 1 aromatic carbocycles. The van der Waals surface area contributed by atoms with E-state index in [1.54, 1.807) is 42.6 Å². The minimum atomic E-state index is -0.409. The highest BCUT2D eigenvalue weighted by Crippen LogP contribution is 2.23. The molecule has 0 radical (unpaired) electrons. The maximum Gasteiger partial charge on any atom is 0.271 e. The largest absolute Gasteiger partial charge is 0.351 e. The van der Waals surface area contributed by atoms with E-state index in [0.29, 0.717) is 17.1 Å². The molecule has 6 nitrogen and oxygen atoms in total. The Morgan fingerprint density at radius 2 is 1.96 bits per heavy atom. The number of halogens is 2. The first-order valence-electron chi connectivity index (χ1n) is 7.27. The van der Waals surface area contributed by atoms with Gasteiger partial charge in [0, 0.05) is 16.0 Å². The lowest BCUT2D eigenvalue weighted by atomic mass is 10.2. The summed E-state index contributed by atoms with van der Waals surface area (Å²) in [5.41, 5.74) is 6.24. The summed E-state index contributed by atoms with van der Waals surface area (Å²) in [5.74, 6) is -0.307. The fourth-order valence-electron chi connectivity index (χ4n) is 2.05. The van der Waals surface area contributed by atoms with Crippen molar-refractivity contribution in [3.63, 3.8) is 0 Å². The van der Waals surface area contributed by atoms with E-state index in [-0.39, 0.29) is 5.69 Å². The van der Waals surface area contributed by atoms with Gasteiger partial charge >= 0.3 is 0 Å². The number of hydrogen-bond donors (Lipinski definition) is 3. The van der Waals surface area contributed by atoms with Gasteiger partial charge in [-0.15, -0.1) is 0 Å². The van der Waals surface area contributed by atoms with Gasteiger partial charge in [0.15, 0.2) is 0 Å². The maximum absolute atomic E-state index is 14.0. The molecule has 0 aliphatic rings. The summed E-state index contributed by atoms with van der Waals surface area (Å²) in [7, 11) is 0. The van der Waals surface area contributed by atoms with Crippen molar-refractivity contribution in [3.8, 4) is 0 Å². The third-order valence-electron chi connectivity index (χ3n) is 3.24. The summed E-state index contributed by atoms with van der Waals surface area (Å²) in [4.78, 5) is 20.4. The SMILES string of the molecule is O=C(NNc1ccccn1)c1ccncc1Nc1ccc(I)cc1F. The van der Waals surface area contributed by atoms with Gasteiger partial charge in [0.1, 0.15) is 11.6 Å². The van der Waals surface area contributed by atoms with Crippen molar-refractivity contribution in [2.45, 2.75) is 0 Å². The number of carbonyl (C=O) groups excluding carboxylic acids is 1. The summed E-state index contributed by atoms with van der Waals surface area (Å²) in [6.07, 6.45) is 4.56. The van der Waals surface area contributed by atoms with Crippen LogP contribution in [0.4, 0.5) is 21.6 Å². The van der Waals surface area contributed by atoms with Crippen LogP contribution >= 0.6 is 22.6 Å². The van der Waals surface area contributed by atoms with Gasteiger partial charge in [-0.05, 0) is 59.0 Å². The van der Waals surface area contributed by atoms with Gasteiger partial charge in [0.05, 0.1) is 23.1 Å². The Hall–Kier alpha value is -2.75. The molecule has 3 rings (SSSR count). The van der Waals surface area contributed by atoms with Gasteiger partial charge in [0.2, 0.25) is 0 Å². The zero-order valence-corrected chi connectivity index (χ0v) is 15.0. The van der Waals surface area contributed by atoms with Gasteiger partial charge in [-0.25, -0.2) is 9.37 Å². The highest BCUT2D eigenvalue weighted by atomic mass is 127. The van der Waals surface area contributed by atoms with Gasteiger partial charge in [-0.3, -0.25) is 20.6 Å². The fourth-order valence-corrected chi connectivity index (χ4v) is 2.51. The van der Waals surface area contributed by atoms with Crippen LogP contribution in [0.5, 0.6) is 0 Å². The lowest BCUT2D eigenvalue weighted by Crippen LogP contribution is -2.30. The number of aromatic nitrogens is 2. The second-order valence-corrected chi connectivity index (χ2v) is 6.21. The molecule has 1 amide bonds. The van der Waals surface area contributed by atoms with Crippen LogP contribution in [0, 0.1) is 9.39 Å². The molecule has 0 bridgehead atoms. The molecular formula is C17H13FIN5O. The van der Waals surface area contributed by atoms with Crippen LogP contribution in [0.3, 0.4) is 0 Å². The number of carbonyl (C=O) groups is 1. The second kappa shape index (κ2) is 7.88. The zero-order chi connectivity index (χ0) is 17.6. The third-order valence-corrected chi connectivity index (χ3v) is 3.91. The molecule has 0 unspecified atom stereocenters. The zero-order valence-electron chi connectivity index (χ0n) is 12.8. The standard InChI is InChI=1S/C17H13FIN5O/c18-13-9-11(19)4-5-14(13)22-15-10-20-8-6-12(15)17(25)24-23-16-3-1-2-7-21-16/h1-10,22H,(H,21,23)(H,24,25). The monoisotopic (exact) mass is 449 g/mol. The number of amides is 1. The van der Waals surface area contributed by atoms with Crippen LogP contribution < -0.4 is 16.2 Å². The number of anilines is 3. The molecule has 0 spiro atoms. The molecule has 8 heteroatoms. The molecule has 0 saturated carbocycles. The number of nitrogens with one attached hydrogen (secondary N) is 3. The lowest BCUT2D eigenvalue weighted by Gasteiger charge is -2.13. The minimum absolute atomic E-state index is 0.264. The molecule has 2 heterocycles. The van der Waals surface area contributed by atoms with Gasteiger partial charge in [-0.1, -0.05) is 6.07 Å². The molecular weight excluding hydrogens is 436 g/mol. The summed E-state index contributed by atoms with van der Waals surface area (Å²) < 4.78 is 14.8. The van der Waals surface area contributed by atoms with Gasteiger partial charge in [0.25, 0.3) is 5.91 Å². The molecule has 0 atom stereocenters. The number of hydrogen-bond acceptors (Lipinski definition) is 5. The molecule has 126 valence electrons. The van der Waals surface area contributed by atoms with Crippen molar-refractivity contribution < 1.29 is 9.18 Å². The Kier molecular flexibility index (Phi) is 5.39. The highest BCUT2D eigenvalue weighted by molar-refractivity contribution is 14.1. The molecule has 3 N–H and O–H groups in total. The smallest absolute Gasteiger partial charge is 0.271 e. The maximum atomic E-state index is 14.0. The summed E-state index contributed by atoms with van der Waals surface area (Å²) >= 11 is 2.03. The van der Waals surface area contributed by atoms with Crippen LogP contribution in [0.2, 0.25) is 0 Å². The number of rotatable bonds is 5. The predicted octanol–water partition coefficient (Wildman–Crippen LogP) is 3.72. The summed E-state index contributed by atoms with van der Waals surface area (Å²) in [6, 6.07) is 11.6. The first-order valence-corrected chi connectivity index (χ1v) is 8.35. The van der Waals surface area contributed by atoms with E-state index in [1.165, 1.54) is 18.5 Å². The Balaban J connectivity index is 1.77. The van der Waals surface area contributed by atoms with E-state index in [1.807, 2.05) is 22.6 Å². The Morgan fingerprint density at radius 1 is 1.08 bits per heavy atom. The van der Waals surface area contributed by atoms with Crippen LogP contribution in [0.1, 0.15) is 10.4 Å². The number of pyridine rings is 2. The van der Waals surface area contributed by atoms with Crippen molar-refractivity contribution in [2.24, 2.45) is 0 Å². The van der Waals surface area contributed by atoms with Gasteiger partial charge in [-0.2, -0.15) is 0 Å². The van der Waals surface area contributed by atoms with Crippen molar-refractivity contribution in [1.82, 2.24) is 15.4 Å². The lowest BCUT2D eigenvalue weighted by molar-refractivity contribution is 0.0963. The molecule has 0 saturated heterocycles. The van der Waals surface area contributed by atoms with Crippen LogP contribution in [-0.2, 0) is 0 Å². The Labute approximate surface area is 157 Å². The third kappa shape index (κ3) is 4.41. The average molecular weight is 449 g/mol. The van der Waals surface area contributed by atoms with Gasteiger partial charge < -0.3 is 5.32 Å². The predicted molar refractivity (Wildman–Crippen MR) is 102 cm³/mol. The average Bonchev–Trinajstić information content (AvgIpc) is 2.63. The molecule has 0 aliphatic carbocycles. The second-order valence-electron chi connectivity index (χ2n) is 4.96. The van der Waals surface area contributed by atoms with Crippen molar-refractivity contribution in [1.29, 1.82) is 0 Å². The number of benzene rings is 1. The van der Waals surface area contributed by atoms with Crippen molar-refractivity contribution >= 4 is 45.7 Å². The van der Waals surface area contributed by atoms with Crippen molar-refractivity contribution in [3.05, 3.63) is 76.0 Å². The Bertz CT molecular complexity index is 891. The molecule has 2 aromatic heterocycles. The van der Waals surface area contributed by atoms with Crippen LogP contribution in [0.15, 0.2) is 61.1 Å². The minimum Gasteiger partial charge on any atom is -0.351 e. The first kappa shape index (κ1) is 17.1. The molecule has 0 aliphatic heterocycles. The van der Waals surface area contributed by atoms with Crippen LogP contribution in [0.25, 0.3) is 0 Å². The van der Waals surface area contributed by atoms with E-state index in [9.17, 15) is 9.18 Å².